The molecule has 1 aromatic heterocycles. The predicted octanol–water partition coefficient (Wildman–Crippen LogP) is 6.49. The van der Waals surface area contributed by atoms with Crippen molar-refractivity contribution < 1.29 is 27.9 Å². The molecular formula is C31H28F3N3O3S. The van der Waals surface area contributed by atoms with E-state index in [2.05, 4.69) is 4.98 Å². The van der Waals surface area contributed by atoms with Crippen molar-refractivity contribution in [3.8, 4) is 11.1 Å². The lowest BCUT2D eigenvalue weighted by Gasteiger charge is -2.31. The van der Waals surface area contributed by atoms with E-state index in [1.807, 2.05) is 30.3 Å². The number of hydrogen-bond donors (Lipinski definition) is 1. The summed E-state index contributed by atoms with van der Waals surface area (Å²) in [7, 11) is 0. The molecule has 5 rings (SSSR count). The molecular weight excluding hydrogens is 551 g/mol. The Balaban J connectivity index is 1.26. The van der Waals surface area contributed by atoms with Crippen LogP contribution in [0, 0.1) is 0 Å². The van der Waals surface area contributed by atoms with Crippen LogP contribution in [-0.4, -0.2) is 53.0 Å². The van der Waals surface area contributed by atoms with E-state index < -0.39 is 11.7 Å². The molecule has 1 N–H and O–H groups in total. The number of anilines is 1. The van der Waals surface area contributed by atoms with Crippen LogP contribution in [0.1, 0.15) is 50.2 Å². The Kier molecular flexibility index (Phi) is 8.51. The number of aromatic nitrogens is 1. The van der Waals surface area contributed by atoms with Gasteiger partial charge in [0.25, 0.3) is 11.8 Å². The highest BCUT2D eigenvalue weighted by atomic mass is 32.1. The smallest absolute Gasteiger partial charge is 0.395 e. The molecule has 212 valence electrons. The second kappa shape index (κ2) is 12.2. The minimum atomic E-state index is -4.43. The lowest BCUT2D eigenvalue weighted by molar-refractivity contribution is -0.137. The molecule has 0 saturated carbocycles. The maximum Gasteiger partial charge on any atom is 0.416 e. The van der Waals surface area contributed by atoms with Gasteiger partial charge in [0.2, 0.25) is 0 Å². The van der Waals surface area contributed by atoms with Crippen molar-refractivity contribution in [3.05, 3.63) is 106 Å². The highest BCUT2D eigenvalue weighted by Crippen LogP contribution is 2.34. The number of piperidine rings is 1. The largest absolute Gasteiger partial charge is 0.416 e. The van der Waals surface area contributed by atoms with Gasteiger partial charge >= 0.3 is 6.18 Å². The van der Waals surface area contributed by atoms with Gasteiger partial charge in [-0.2, -0.15) is 13.2 Å². The van der Waals surface area contributed by atoms with Crippen molar-refractivity contribution in [2.45, 2.75) is 24.9 Å². The summed E-state index contributed by atoms with van der Waals surface area (Å²) in [5.41, 5.74) is 1.85. The number of benzene rings is 3. The first kappa shape index (κ1) is 28.5. The van der Waals surface area contributed by atoms with Gasteiger partial charge in [-0.1, -0.05) is 48.5 Å². The number of amides is 2. The molecule has 1 aliphatic heterocycles. The third-order valence-electron chi connectivity index (χ3n) is 7.19. The molecule has 2 amide bonds. The van der Waals surface area contributed by atoms with E-state index in [-0.39, 0.29) is 30.9 Å². The van der Waals surface area contributed by atoms with Gasteiger partial charge in [-0.05, 0) is 54.3 Å². The Morgan fingerprint density at radius 1 is 0.951 bits per heavy atom. The van der Waals surface area contributed by atoms with Crippen molar-refractivity contribution in [2.75, 3.05) is 31.1 Å². The number of halogens is 3. The highest BCUT2D eigenvalue weighted by molar-refractivity contribution is 7.10. The van der Waals surface area contributed by atoms with Crippen molar-refractivity contribution in [2.24, 2.45) is 0 Å². The second-order valence-electron chi connectivity index (χ2n) is 9.77. The first-order valence-electron chi connectivity index (χ1n) is 13.3. The summed E-state index contributed by atoms with van der Waals surface area (Å²) in [5.74, 6) is -0.351. The lowest BCUT2D eigenvalue weighted by Crippen LogP contribution is -2.38. The van der Waals surface area contributed by atoms with Gasteiger partial charge in [0.15, 0.2) is 0 Å². The minimum Gasteiger partial charge on any atom is -0.395 e. The van der Waals surface area contributed by atoms with Crippen LogP contribution >= 0.6 is 11.3 Å². The van der Waals surface area contributed by atoms with E-state index in [0.717, 1.165) is 17.1 Å². The number of likely N-dealkylation sites (tertiary alicyclic amines) is 1. The molecule has 1 fully saturated rings. The van der Waals surface area contributed by atoms with Gasteiger partial charge in [-0.3, -0.25) is 9.59 Å². The van der Waals surface area contributed by atoms with E-state index >= 15 is 0 Å². The van der Waals surface area contributed by atoms with Crippen molar-refractivity contribution in [1.82, 2.24) is 9.88 Å². The van der Waals surface area contributed by atoms with Gasteiger partial charge in [-0.15, -0.1) is 11.3 Å². The Labute approximate surface area is 239 Å². The van der Waals surface area contributed by atoms with E-state index in [1.54, 1.807) is 34.5 Å². The zero-order valence-electron chi connectivity index (χ0n) is 22.1. The molecule has 3 aromatic carbocycles. The zero-order chi connectivity index (χ0) is 29.0. The molecule has 0 atom stereocenters. The monoisotopic (exact) mass is 579 g/mol. The number of para-hydroxylation sites is 1. The summed E-state index contributed by atoms with van der Waals surface area (Å²) >= 11 is 1.42. The van der Waals surface area contributed by atoms with E-state index in [4.69, 9.17) is 0 Å². The quantitative estimate of drug-likeness (QED) is 0.272. The van der Waals surface area contributed by atoms with Crippen molar-refractivity contribution in [3.63, 3.8) is 0 Å². The maximum atomic E-state index is 13.5. The van der Waals surface area contributed by atoms with Crippen LogP contribution in [0.3, 0.4) is 0 Å². The molecule has 1 saturated heterocycles. The number of nitrogens with zero attached hydrogens (tertiary/aromatic N) is 3. The number of aliphatic hydroxyl groups excluding tert-OH is 1. The van der Waals surface area contributed by atoms with E-state index in [1.165, 1.54) is 28.4 Å². The summed E-state index contributed by atoms with van der Waals surface area (Å²) in [5, 5.41) is 12.1. The molecule has 0 aliphatic carbocycles. The number of thiazole rings is 1. The topological polar surface area (TPSA) is 73.7 Å². The molecule has 1 aliphatic rings. The summed E-state index contributed by atoms with van der Waals surface area (Å²) in [6.07, 6.45) is -3.08. The molecule has 0 spiro atoms. The molecule has 0 bridgehead atoms. The van der Waals surface area contributed by atoms with Gasteiger partial charge in [0, 0.05) is 42.2 Å². The maximum absolute atomic E-state index is 13.5. The van der Waals surface area contributed by atoms with E-state index in [9.17, 15) is 27.9 Å². The Hall–Kier alpha value is -4.02. The van der Waals surface area contributed by atoms with Crippen LogP contribution in [0.15, 0.2) is 84.2 Å². The molecule has 6 nitrogen and oxygen atoms in total. The van der Waals surface area contributed by atoms with Gasteiger partial charge < -0.3 is 14.9 Å². The average Bonchev–Trinajstić information content (AvgIpc) is 3.50. The predicted molar refractivity (Wildman–Crippen MR) is 152 cm³/mol. The molecule has 4 aromatic rings. The van der Waals surface area contributed by atoms with Crippen molar-refractivity contribution >= 4 is 28.8 Å². The molecule has 41 heavy (non-hydrogen) atoms. The normalized spacial score (nSPS) is 14.2. The van der Waals surface area contributed by atoms with Crippen LogP contribution in [0.2, 0.25) is 0 Å². The number of carbonyl (C=O) groups is 2. The standard InChI is InChI=1S/C31H28F3N3O3S/c32-31(33,34)23-12-10-21(11-13-23)25-8-4-5-9-26(25)29(39)36-16-14-22(15-17-36)28-35-27(20-41-28)30(40)37(18-19-38)24-6-2-1-3-7-24/h1-13,20,22,38H,14-19H2. The van der Waals surface area contributed by atoms with Gasteiger partial charge in [0.1, 0.15) is 5.69 Å². The van der Waals surface area contributed by atoms with Gasteiger partial charge in [-0.25, -0.2) is 4.98 Å². The number of hydrogen-bond acceptors (Lipinski definition) is 5. The van der Waals surface area contributed by atoms with Crippen LogP contribution in [-0.2, 0) is 6.18 Å². The molecule has 10 heteroatoms. The third-order valence-corrected chi connectivity index (χ3v) is 8.20. The highest BCUT2D eigenvalue weighted by Gasteiger charge is 2.31. The summed E-state index contributed by atoms with van der Waals surface area (Å²) in [6.45, 7) is 0.971. The number of rotatable bonds is 7. The third kappa shape index (κ3) is 6.34. The Morgan fingerprint density at radius 3 is 2.27 bits per heavy atom. The number of aliphatic hydroxyl groups is 1. The summed E-state index contributed by atoms with van der Waals surface area (Å²) in [4.78, 5) is 34.6. The average molecular weight is 580 g/mol. The second-order valence-corrected chi connectivity index (χ2v) is 10.7. The van der Waals surface area contributed by atoms with Crippen LogP contribution in [0.5, 0.6) is 0 Å². The lowest BCUT2D eigenvalue weighted by atomic mass is 9.94. The summed E-state index contributed by atoms with van der Waals surface area (Å²) < 4.78 is 39.0. The van der Waals surface area contributed by atoms with Crippen molar-refractivity contribution in [1.29, 1.82) is 0 Å². The number of alkyl halides is 3. The van der Waals surface area contributed by atoms with Gasteiger partial charge in [0.05, 0.1) is 17.2 Å². The first-order chi connectivity index (χ1) is 19.8. The zero-order valence-corrected chi connectivity index (χ0v) is 22.9. The molecule has 2 heterocycles. The van der Waals surface area contributed by atoms with E-state index in [0.29, 0.717) is 54.0 Å². The molecule has 0 radical (unpaired) electrons. The SMILES string of the molecule is O=C(c1ccccc1-c1ccc(C(F)(F)F)cc1)N1CCC(c2nc(C(=O)N(CCO)c3ccccc3)cs2)CC1. The fourth-order valence-corrected chi connectivity index (χ4v) is 5.99. The fraction of sp³-hybridized carbons (Fsp3) is 0.258. The van der Waals surface area contributed by atoms with Crippen LogP contribution < -0.4 is 4.90 Å². The van der Waals surface area contributed by atoms with Crippen LogP contribution in [0.25, 0.3) is 11.1 Å². The molecule has 0 unspecified atom stereocenters. The fourth-order valence-electron chi connectivity index (χ4n) is 5.03. The first-order valence-corrected chi connectivity index (χ1v) is 14.1. The van der Waals surface area contributed by atoms with Crippen LogP contribution in [0.4, 0.5) is 18.9 Å². The Morgan fingerprint density at radius 2 is 1.61 bits per heavy atom. The summed E-state index contributed by atoms with van der Waals surface area (Å²) in [6, 6.07) is 20.9. The number of carbonyl (C=O) groups excluding carboxylic acids is 2. The Bertz CT molecular complexity index is 1500. The minimum absolute atomic E-state index is 0.0961.